The van der Waals surface area contributed by atoms with Crippen molar-refractivity contribution in [2.75, 3.05) is 31.6 Å². The van der Waals surface area contributed by atoms with E-state index in [4.69, 9.17) is 4.74 Å². The second-order valence-corrected chi connectivity index (χ2v) is 6.81. The highest BCUT2D eigenvalue weighted by Crippen LogP contribution is 2.19. The number of amides is 1. The van der Waals surface area contributed by atoms with E-state index in [1.807, 2.05) is 18.2 Å². The van der Waals surface area contributed by atoms with E-state index < -0.39 is 6.10 Å². The number of carbonyl (C=O) groups excluding carboxylic acids is 1. The monoisotopic (exact) mass is 369 g/mol. The summed E-state index contributed by atoms with van der Waals surface area (Å²) in [5.41, 5.74) is 1.19. The Bertz CT molecular complexity index is 741. The topological polar surface area (TPSA) is 74.7 Å². The Kier molecular flexibility index (Phi) is 6.65. The first-order valence-electron chi connectivity index (χ1n) is 9.48. The van der Waals surface area contributed by atoms with Crippen LogP contribution in [0.3, 0.4) is 0 Å². The normalized spacial score (nSPS) is 15.7. The van der Waals surface area contributed by atoms with Gasteiger partial charge in [-0.3, -0.25) is 4.79 Å². The number of methoxy groups -OCH3 is 1. The number of nitrogens with zero attached hydrogens (tertiary/aromatic N) is 2. The lowest BCUT2D eigenvalue weighted by Crippen LogP contribution is -2.29. The maximum Gasteiger partial charge on any atom is 0.252 e. The van der Waals surface area contributed by atoms with E-state index in [2.05, 4.69) is 15.2 Å². The van der Waals surface area contributed by atoms with E-state index >= 15 is 0 Å². The van der Waals surface area contributed by atoms with Crippen molar-refractivity contribution in [3.63, 3.8) is 0 Å². The average Bonchev–Trinajstić information content (AvgIpc) is 3.01. The fourth-order valence-corrected chi connectivity index (χ4v) is 3.27. The third-order valence-corrected chi connectivity index (χ3v) is 4.87. The van der Waals surface area contributed by atoms with Gasteiger partial charge in [0.2, 0.25) is 0 Å². The summed E-state index contributed by atoms with van der Waals surface area (Å²) in [5, 5.41) is 13.0. The number of anilines is 1. The van der Waals surface area contributed by atoms with Crippen LogP contribution in [-0.4, -0.2) is 42.7 Å². The summed E-state index contributed by atoms with van der Waals surface area (Å²) in [6, 6.07) is 10.9. The zero-order valence-electron chi connectivity index (χ0n) is 15.7. The number of pyridine rings is 1. The fourth-order valence-electron chi connectivity index (χ4n) is 3.27. The quantitative estimate of drug-likeness (QED) is 0.819. The Balaban J connectivity index is 1.55. The first-order valence-corrected chi connectivity index (χ1v) is 9.48. The third kappa shape index (κ3) is 5.20. The highest BCUT2D eigenvalue weighted by Gasteiger charge is 2.14. The largest absolute Gasteiger partial charge is 0.497 e. The lowest BCUT2D eigenvalue weighted by Gasteiger charge is -2.21. The minimum Gasteiger partial charge on any atom is -0.497 e. The molecule has 1 fully saturated rings. The van der Waals surface area contributed by atoms with Crippen molar-refractivity contribution < 1.29 is 14.6 Å². The van der Waals surface area contributed by atoms with Crippen LogP contribution < -0.4 is 15.0 Å². The summed E-state index contributed by atoms with van der Waals surface area (Å²) in [5.74, 6) is 1.35. The van der Waals surface area contributed by atoms with Gasteiger partial charge < -0.3 is 20.1 Å². The molecule has 1 aliphatic heterocycles. The summed E-state index contributed by atoms with van der Waals surface area (Å²) in [7, 11) is 1.58. The second kappa shape index (κ2) is 9.37. The molecule has 1 aromatic carbocycles. The van der Waals surface area contributed by atoms with Crippen LogP contribution in [0.1, 0.15) is 47.7 Å². The number of benzene rings is 1. The molecule has 6 nitrogen and oxygen atoms in total. The molecule has 3 rings (SSSR count). The standard InChI is InChI=1S/C21H27N3O3/c1-27-18-8-6-7-16(13-18)19(25)15-23-21(26)17-9-10-20(22-14-17)24-11-4-2-3-5-12-24/h6-10,13-14,19,25H,2-5,11-12,15H2,1H3,(H,23,26). The molecule has 0 saturated carbocycles. The number of aliphatic hydroxyl groups is 1. The molecule has 2 aromatic rings. The average molecular weight is 369 g/mol. The van der Waals surface area contributed by atoms with Crippen LogP contribution in [0.2, 0.25) is 0 Å². The first-order chi connectivity index (χ1) is 13.2. The van der Waals surface area contributed by atoms with Crippen molar-refractivity contribution in [2.45, 2.75) is 31.8 Å². The Hall–Kier alpha value is -2.60. The van der Waals surface area contributed by atoms with Crippen LogP contribution in [-0.2, 0) is 0 Å². The zero-order valence-corrected chi connectivity index (χ0v) is 15.7. The Morgan fingerprint density at radius 3 is 2.67 bits per heavy atom. The van der Waals surface area contributed by atoms with Gasteiger partial charge in [-0.2, -0.15) is 0 Å². The van der Waals surface area contributed by atoms with Crippen LogP contribution in [0.25, 0.3) is 0 Å². The summed E-state index contributed by atoms with van der Waals surface area (Å²) < 4.78 is 5.16. The summed E-state index contributed by atoms with van der Waals surface area (Å²) in [4.78, 5) is 19.1. The predicted molar refractivity (Wildman–Crippen MR) is 105 cm³/mol. The van der Waals surface area contributed by atoms with Crippen LogP contribution >= 0.6 is 0 Å². The van der Waals surface area contributed by atoms with E-state index in [1.54, 1.807) is 31.5 Å². The number of aliphatic hydroxyl groups excluding tert-OH is 1. The molecule has 1 aliphatic rings. The van der Waals surface area contributed by atoms with Crippen molar-refractivity contribution >= 4 is 11.7 Å². The van der Waals surface area contributed by atoms with E-state index in [-0.39, 0.29) is 12.5 Å². The Morgan fingerprint density at radius 2 is 2.00 bits per heavy atom. The van der Waals surface area contributed by atoms with E-state index in [9.17, 15) is 9.90 Å². The molecule has 1 aromatic heterocycles. The third-order valence-electron chi connectivity index (χ3n) is 4.87. The van der Waals surface area contributed by atoms with Crippen molar-refractivity contribution in [3.8, 4) is 5.75 Å². The SMILES string of the molecule is COc1cccc(C(O)CNC(=O)c2ccc(N3CCCCCC3)nc2)c1. The van der Waals surface area contributed by atoms with Gasteiger partial charge in [-0.1, -0.05) is 25.0 Å². The van der Waals surface area contributed by atoms with Gasteiger partial charge in [-0.15, -0.1) is 0 Å². The number of hydrogen-bond acceptors (Lipinski definition) is 5. The van der Waals surface area contributed by atoms with Gasteiger partial charge in [-0.25, -0.2) is 4.98 Å². The number of nitrogens with one attached hydrogen (secondary N) is 1. The molecule has 144 valence electrons. The molecule has 0 aliphatic carbocycles. The summed E-state index contributed by atoms with van der Waals surface area (Å²) >= 11 is 0. The zero-order chi connectivity index (χ0) is 19.1. The highest BCUT2D eigenvalue weighted by atomic mass is 16.5. The van der Waals surface area contributed by atoms with Crippen LogP contribution in [0, 0.1) is 0 Å². The van der Waals surface area contributed by atoms with Gasteiger partial charge in [0.25, 0.3) is 5.91 Å². The number of carbonyl (C=O) groups is 1. The lowest BCUT2D eigenvalue weighted by molar-refractivity contribution is 0.0916. The molecule has 0 radical (unpaired) electrons. The van der Waals surface area contributed by atoms with Gasteiger partial charge in [-0.05, 0) is 42.7 Å². The van der Waals surface area contributed by atoms with E-state index in [0.717, 1.165) is 18.9 Å². The molecule has 0 bridgehead atoms. The lowest BCUT2D eigenvalue weighted by atomic mass is 10.1. The molecule has 2 N–H and O–H groups in total. The Morgan fingerprint density at radius 1 is 1.22 bits per heavy atom. The molecule has 1 unspecified atom stereocenters. The molecule has 6 heteroatoms. The number of ether oxygens (including phenoxy) is 1. The van der Waals surface area contributed by atoms with Gasteiger partial charge in [0.05, 0.1) is 18.8 Å². The first kappa shape index (κ1) is 19.2. The van der Waals surface area contributed by atoms with Crippen molar-refractivity contribution in [3.05, 3.63) is 53.7 Å². The molecular formula is C21H27N3O3. The smallest absolute Gasteiger partial charge is 0.252 e. The summed E-state index contributed by atoms with van der Waals surface area (Å²) in [6.45, 7) is 2.16. The molecule has 1 saturated heterocycles. The molecule has 1 amide bonds. The van der Waals surface area contributed by atoms with E-state index in [0.29, 0.717) is 16.9 Å². The molecule has 27 heavy (non-hydrogen) atoms. The van der Waals surface area contributed by atoms with Gasteiger partial charge >= 0.3 is 0 Å². The van der Waals surface area contributed by atoms with Crippen LogP contribution in [0.5, 0.6) is 5.75 Å². The van der Waals surface area contributed by atoms with Crippen LogP contribution in [0.4, 0.5) is 5.82 Å². The number of hydrogen-bond donors (Lipinski definition) is 2. The van der Waals surface area contributed by atoms with E-state index in [1.165, 1.54) is 25.7 Å². The minimum absolute atomic E-state index is 0.125. The molecule has 1 atom stereocenters. The Labute approximate surface area is 160 Å². The molecule has 0 spiro atoms. The fraction of sp³-hybridized carbons (Fsp3) is 0.429. The number of rotatable bonds is 6. The molecular weight excluding hydrogens is 342 g/mol. The van der Waals surface area contributed by atoms with Gasteiger partial charge in [0, 0.05) is 25.8 Å². The number of aromatic nitrogens is 1. The van der Waals surface area contributed by atoms with Crippen molar-refractivity contribution in [2.24, 2.45) is 0 Å². The minimum atomic E-state index is -0.798. The maximum atomic E-state index is 12.3. The maximum absolute atomic E-state index is 12.3. The van der Waals surface area contributed by atoms with Gasteiger partial charge in [0.15, 0.2) is 0 Å². The second-order valence-electron chi connectivity index (χ2n) is 6.81. The van der Waals surface area contributed by atoms with Crippen molar-refractivity contribution in [1.29, 1.82) is 0 Å². The predicted octanol–water partition coefficient (Wildman–Crippen LogP) is 2.93. The highest BCUT2D eigenvalue weighted by molar-refractivity contribution is 5.94. The summed E-state index contributed by atoms with van der Waals surface area (Å²) in [6.07, 6.45) is 5.72. The molecule has 2 heterocycles. The van der Waals surface area contributed by atoms with Crippen molar-refractivity contribution in [1.82, 2.24) is 10.3 Å². The van der Waals surface area contributed by atoms with Gasteiger partial charge in [0.1, 0.15) is 11.6 Å². The van der Waals surface area contributed by atoms with Crippen LogP contribution in [0.15, 0.2) is 42.6 Å².